The van der Waals surface area contributed by atoms with Gasteiger partial charge in [-0.3, -0.25) is 14.5 Å². The van der Waals surface area contributed by atoms with Crippen molar-refractivity contribution in [3.8, 4) is 5.75 Å². The quantitative estimate of drug-likeness (QED) is 0.917. The molecule has 3 rings (SSSR count). The van der Waals surface area contributed by atoms with E-state index in [4.69, 9.17) is 4.74 Å². The van der Waals surface area contributed by atoms with Gasteiger partial charge in [0.2, 0.25) is 5.91 Å². The fraction of sp³-hybridized carbons (Fsp3) is 0.350. The van der Waals surface area contributed by atoms with E-state index in [0.717, 1.165) is 11.1 Å². The molecule has 1 aromatic carbocycles. The van der Waals surface area contributed by atoms with Gasteiger partial charge in [-0.25, -0.2) is 4.98 Å². The van der Waals surface area contributed by atoms with Gasteiger partial charge in [0.25, 0.3) is 5.91 Å². The van der Waals surface area contributed by atoms with E-state index in [9.17, 15) is 9.59 Å². The normalized spacial score (nSPS) is 16.3. The van der Waals surface area contributed by atoms with Crippen molar-refractivity contribution in [3.05, 3.63) is 47.7 Å². The van der Waals surface area contributed by atoms with E-state index >= 15 is 0 Å². The van der Waals surface area contributed by atoms with E-state index in [1.54, 1.807) is 6.20 Å². The second kappa shape index (κ2) is 7.15. The average molecular weight is 353 g/mol. The minimum Gasteiger partial charge on any atom is -0.478 e. The number of benzene rings is 1. The first-order chi connectivity index (χ1) is 12.4. The molecule has 1 N–H and O–H groups in total. The minimum absolute atomic E-state index is 0.000508. The number of carbonyl (C=O) groups excluding carboxylic acids is 2. The van der Waals surface area contributed by atoms with E-state index in [1.165, 1.54) is 4.90 Å². The summed E-state index contributed by atoms with van der Waals surface area (Å²) in [4.78, 5) is 31.1. The third-order valence-corrected chi connectivity index (χ3v) is 4.34. The lowest BCUT2D eigenvalue weighted by Crippen LogP contribution is -2.50. The summed E-state index contributed by atoms with van der Waals surface area (Å²) in [5, 5.41) is 2.78. The third kappa shape index (κ3) is 3.54. The van der Waals surface area contributed by atoms with Crippen LogP contribution in [-0.2, 0) is 9.59 Å². The predicted octanol–water partition coefficient (Wildman–Crippen LogP) is 3.09. The van der Waals surface area contributed by atoms with Gasteiger partial charge in [0.05, 0.1) is 5.69 Å². The number of rotatable bonds is 4. The number of nitrogens with zero attached hydrogens (tertiary/aromatic N) is 2. The number of hydrogen-bond donors (Lipinski definition) is 1. The molecule has 0 saturated heterocycles. The van der Waals surface area contributed by atoms with E-state index in [0.29, 0.717) is 17.3 Å². The van der Waals surface area contributed by atoms with Crippen LogP contribution in [0.3, 0.4) is 0 Å². The number of carbonyl (C=O) groups is 2. The van der Waals surface area contributed by atoms with Crippen LogP contribution in [0.2, 0.25) is 0 Å². The maximum Gasteiger partial charge on any atom is 0.268 e. The molecule has 1 aliphatic heterocycles. The lowest BCUT2D eigenvalue weighted by molar-refractivity contribution is -0.129. The first kappa shape index (κ1) is 17.9. The van der Waals surface area contributed by atoms with Crippen molar-refractivity contribution in [1.82, 2.24) is 4.98 Å². The van der Waals surface area contributed by atoms with Gasteiger partial charge in [0.1, 0.15) is 18.1 Å². The summed E-state index contributed by atoms with van der Waals surface area (Å²) in [7, 11) is 0. The Kier molecular flexibility index (Phi) is 4.93. The summed E-state index contributed by atoms with van der Waals surface area (Å²) in [6.07, 6.45) is 1.02. The highest BCUT2D eigenvalue weighted by Gasteiger charge is 2.37. The Morgan fingerprint density at radius 3 is 2.77 bits per heavy atom. The van der Waals surface area contributed by atoms with Crippen LogP contribution in [0.25, 0.3) is 0 Å². The van der Waals surface area contributed by atoms with Gasteiger partial charge in [-0.05, 0) is 49.1 Å². The largest absolute Gasteiger partial charge is 0.478 e. The van der Waals surface area contributed by atoms with Crippen molar-refractivity contribution in [2.45, 2.75) is 33.8 Å². The predicted molar refractivity (Wildman–Crippen MR) is 100 cm³/mol. The highest BCUT2D eigenvalue weighted by molar-refractivity contribution is 6.06. The number of fused-ring (bicyclic) bond motifs is 1. The van der Waals surface area contributed by atoms with Crippen molar-refractivity contribution in [1.29, 1.82) is 0 Å². The smallest absolute Gasteiger partial charge is 0.268 e. The van der Waals surface area contributed by atoms with Crippen LogP contribution in [-0.4, -0.2) is 29.4 Å². The molecule has 1 aliphatic rings. The van der Waals surface area contributed by atoms with E-state index in [-0.39, 0.29) is 24.3 Å². The summed E-state index contributed by atoms with van der Waals surface area (Å²) in [5.74, 6) is 0.627. The molecule has 0 spiro atoms. The molecule has 0 aliphatic carbocycles. The van der Waals surface area contributed by atoms with E-state index < -0.39 is 6.10 Å². The monoisotopic (exact) mass is 353 g/mol. The molecule has 0 radical (unpaired) electrons. The molecule has 26 heavy (non-hydrogen) atoms. The molecule has 6 heteroatoms. The Bertz CT molecular complexity index is 848. The second-order valence-electron chi connectivity index (χ2n) is 6.90. The number of pyridine rings is 1. The molecule has 0 bridgehead atoms. The second-order valence-corrected chi connectivity index (χ2v) is 6.90. The first-order valence-electron chi connectivity index (χ1n) is 8.67. The van der Waals surface area contributed by atoms with Crippen molar-refractivity contribution >= 4 is 23.3 Å². The highest BCUT2D eigenvalue weighted by Crippen LogP contribution is 2.36. The van der Waals surface area contributed by atoms with Crippen LogP contribution < -0.4 is 15.0 Å². The number of aromatic nitrogens is 1. The van der Waals surface area contributed by atoms with Crippen LogP contribution in [0.15, 0.2) is 36.5 Å². The van der Waals surface area contributed by atoms with Crippen molar-refractivity contribution in [3.63, 3.8) is 0 Å². The topological polar surface area (TPSA) is 71.5 Å². The lowest BCUT2D eigenvalue weighted by atomic mass is 10.0. The highest BCUT2D eigenvalue weighted by atomic mass is 16.5. The molecule has 0 fully saturated rings. The third-order valence-electron chi connectivity index (χ3n) is 4.34. The number of amides is 2. The van der Waals surface area contributed by atoms with E-state index in [2.05, 4.69) is 10.3 Å². The fourth-order valence-electron chi connectivity index (χ4n) is 2.91. The van der Waals surface area contributed by atoms with Crippen LogP contribution >= 0.6 is 0 Å². The SMILES string of the molecule is Cc1ccc2c(c1)N(CC(=O)Nc1ncccc1C)C(=O)[C@@H](C(C)C)O2. The number of hydrogen-bond acceptors (Lipinski definition) is 4. The molecule has 1 atom stereocenters. The minimum atomic E-state index is -0.602. The van der Waals surface area contributed by atoms with Gasteiger partial charge in [0, 0.05) is 6.20 Å². The zero-order valence-electron chi connectivity index (χ0n) is 15.4. The van der Waals surface area contributed by atoms with Crippen molar-refractivity contribution in [2.24, 2.45) is 5.92 Å². The van der Waals surface area contributed by atoms with Gasteiger partial charge < -0.3 is 10.1 Å². The first-order valence-corrected chi connectivity index (χ1v) is 8.67. The molecule has 2 heterocycles. The zero-order valence-corrected chi connectivity index (χ0v) is 15.4. The lowest BCUT2D eigenvalue weighted by Gasteiger charge is -2.35. The summed E-state index contributed by atoms with van der Waals surface area (Å²) in [5.41, 5.74) is 2.49. The van der Waals surface area contributed by atoms with Crippen molar-refractivity contribution < 1.29 is 14.3 Å². The molecule has 2 amide bonds. The van der Waals surface area contributed by atoms with Crippen LogP contribution in [0.5, 0.6) is 5.75 Å². The zero-order chi connectivity index (χ0) is 18.8. The van der Waals surface area contributed by atoms with Gasteiger partial charge in [-0.15, -0.1) is 0 Å². The summed E-state index contributed by atoms with van der Waals surface area (Å²) in [6.45, 7) is 7.58. The maximum atomic E-state index is 12.9. The van der Waals surface area contributed by atoms with Gasteiger partial charge >= 0.3 is 0 Å². The van der Waals surface area contributed by atoms with Crippen LogP contribution in [0, 0.1) is 19.8 Å². The standard InChI is InChI=1S/C20H23N3O3/c1-12(2)18-20(25)23(15-10-13(3)7-8-16(15)26-18)11-17(24)22-19-14(4)6-5-9-21-19/h5-10,12,18H,11H2,1-4H3,(H,21,22,24)/t18-/m1/s1. The molecular formula is C20H23N3O3. The Morgan fingerprint density at radius 2 is 2.08 bits per heavy atom. The maximum absolute atomic E-state index is 12.9. The summed E-state index contributed by atoms with van der Waals surface area (Å²) in [6, 6.07) is 9.32. The average Bonchev–Trinajstić information content (AvgIpc) is 2.59. The number of anilines is 2. The van der Waals surface area contributed by atoms with Gasteiger partial charge in [0.15, 0.2) is 6.10 Å². The molecule has 0 unspecified atom stereocenters. The molecule has 0 saturated carbocycles. The molecule has 6 nitrogen and oxygen atoms in total. The van der Waals surface area contributed by atoms with Crippen molar-refractivity contribution in [2.75, 3.05) is 16.8 Å². The fourth-order valence-corrected chi connectivity index (χ4v) is 2.91. The number of nitrogens with one attached hydrogen (secondary N) is 1. The summed E-state index contributed by atoms with van der Waals surface area (Å²) < 4.78 is 5.87. The van der Waals surface area contributed by atoms with Gasteiger partial charge in [-0.1, -0.05) is 26.0 Å². The Hall–Kier alpha value is -2.89. The van der Waals surface area contributed by atoms with Crippen LogP contribution in [0.4, 0.5) is 11.5 Å². The number of aryl methyl sites for hydroxylation is 2. The Balaban J connectivity index is 1.87. The van der Waals surface area contributed by atoms with Gasteiger partial charge in [-0.2, -0.15) is 0 Å². The Morgan fingerprint density at radius 1 is 1.31 bits per heavy atom. The molecule has 136 valence electrons. The van der Waals surface area contributed by atoms with E-state index in [1.807, 2.05) is 58.0 Å². The number of ether oxygens (including phenoxy) is 1. The Labute approximate surface area is 153 Å². The molecular weight excluding hydrogens is 330 g/mol. The summed E-state index contributed by atoms with van der Waals surface area (Å²) >= 11 is 0. The molecule has 1 aromatic heterocycles. The molecule has 2 aromatic rings. The van der Waals surface area contributed by atoms with Crippen LogP contribution in [0.1, 0.15) is 25.0 Å².